The van der Waals surface area contributed by atoms with Crippen molar-refractivity contribution in [3.8, 4) is 5.69 Å². The summed E-state index contributed by atoms with van der Waals surface area (Å²) >= 11 is 7.38. The van der Waals surface area contributed by atoms with Gasteiger partial charge in [0.25, 0.3) is 0 Å². The number of aliphatic imine (C=N–C) groups is 1. The van der Waals surface area contributed by atoms with Gasteiger partial charge < -0.3 is 9.80 Å². The van der Waals surface area contributed by atoms with E-state index in [9.17, 15) is 18.0 Å². The topological polar surface area (TPSA) is 66.6 Å². The van der Waals surface area contributed by atoms with Gasteiger partial charge in [0.15, 0.2) is 5.15 Å². The fourth-order valence-electron chi connectivity index (χ4n) is 3.05. The molecule has 7 nitrogen and oxygen atoms in total. The lowest BCUT2D eigenvalue weighted by molar-refractivity contribution is -0.134. The zero-order chi connectivity index (χ0) is 24.4. The summed E-state index contributed by atoms with van der Waals surface area (Å²) in [5.41, 5.74) is 1.12. The first-order valence-corrected chi connectivity index (χ1v) is 11.5. The zero-order valence-electron chi connectivity index (χ0n) is 18.4. The number of anilines is 1. The molecule has 0 bridgehead atoms. The number of aromatic nitrogens is 3. The van der Waals surface area contributed by atoms with E-state index < -0.39 is 17.8 Å². The van der Waals surface area contributed by atoms with E-state index in [-0.39, 0.29) is 29.8 Å². The van der Waals surface area contributed by atoms with Crippen molar-refractivity contribution in [2.75, 3.05) is 30.8 Å². The van der Waals surface area contributed by atoms with Gasteiger partial charge in [-0.15, -0.1) is 0 Å². The van der Waals surface area contributed by atoms with Crippen LogP contribution in [0.25, 0.3) is 5.69 Å². The number of rotatable bonds is 12. The third-order valence-corrected chi connectivity index (χ3v) is 6.01. The Morgan fingerprint density at radius 2 is 2.21 bits per heavy atom. The molecule has 0 aromatic carbocycles. The van der Waals surface area contributed by atoms with Gasteiger partial charge in [-0.1, -0.05) is 11.6 Å². The van der Waals surface area contributed by atoms with Crippen molar-refractivity contribution in [1.82, 2.24) is 19.7 Å². The molecule has 0 saturated heterocycles. The molecule has 0 aliphatic rings. The molecule has 0 aliphatic heterocycles. The predicted molar refractivity (Wildman–Crippen MR) is 127 cm³/mol. The summed E-state index contributed by atoms with van der Waals surface area (Å²) in [7, 11) is 1.66. The van der Waals surface area contributed by atoms with Gasteiger partial charge in [-0.3, -0.25) is 14.8 Å². The minimum atomic E-state index is -4.30. The summed E-state index contributed by atoms with van der Waals surface area (Å²) in [6, 6.07) is 3.55. The van der Waals surface area contributed by atoms with Crippen molar-refractivity contribution in [3.05, 3.63) is 48.3 Å². The highest BCUT2D eigenvalue weighted by Crippen LogP contribution is 2.30. The summed E-state index contributed by atoms with van der Waals surface area (Å²) in [5.74, 6) is -0.00525. The van der Waals surface area contributed by atoms with Gasteiger partial charge in [0.2, 0.25) is 5.91 Å². The highest BCUT2D eigenvalue weighted by molar-refractivity contribution is 7.99. The van der Waals surface area contributed by atoms with Crippen LogP contribution in [0.3, 0.4) is 0 Å². The largest absolute Gasteiger partial charge is 0.390 e. The quantitative estimate of drug-likeness (QED) is 0.389. The summed E-state index contributed by atoms with van der Waals surface area (Å²) < 4.78 is 40.5. The second-order valence-corrected chi connectivity index (χ2v) is 8.85. The van der Waals surface area contributed by atoms with Crippen LogP contribution >= 0.6 is 23.4 Å². The first-order chi connectivity index (χ1) is 15.6. The summed E-state index contributed by atoms with van der Waals surface area (Å²) in [5, 5.41) is 3.65. The number of nitrogens with zero attached hydrogens (tertiary/aromatic N) is 6. The van der Waals surface area contributed by atoms with Gasteiger partial charge in [-0.25, -0.2) is 4.68 Å². The molecule has 1 unspecified atom stereocenters. The van der Waals surface area contributed by atoms with E-state index in [4.69, 9.17) is 11.6 Å². The number of carbonyl (C=O) groups is 1. The summed E-state index contributed by atoms with van der Waals surface area (Å²) in [4.78, 5) is 23.5. The number of thioether (sulfide) groups is 1. The van der Waals surface area contributed by atoms with Crippen LogP contribution in [-0.2, 0) is 4.79 Å². The van der Waals surface area contributed by atoms with Crippen molar-refractivity contribution < 1.29 is 18.0 Å². The normalized spacial score (nSPS) is 12.7. The fourth-order valence-corrected chi connectivity index (χ4v) is 4.56. The molecular formula is C21H26ClF3N6OS. The first-order valence-electron chi connectivity index (χ1n) is 10.1. The van der Waals surface area contributed by atoms with Gasteiger partial charge in [-0.2, -0.15) is 30.0 Å². The molecule has 1 atom stereocenters. The zero-order valence-corrected chi connectivity index (χ0v) is 19.9. The van der Waals surface area contributed by atoms with Crippen LogP contribution in [0.2, 0.25) is 5.15 Å². The Kier molecular flexibility index (Phi) is 10.2. The van der Waals surface area contributed by atoms with Crippen LogP contribution in [0.1, 0.15) is 19.8 Å². The molecule has 33 heavy (non-hydrogen) atoms. The van der Waals surface area contributed by atoms with E-state index in [1.165, 1.54) is 15.8 Å². The minimum Gasteiger partial charge on any atom is -0.378 e. The molecule has 1 amide bonds. The maximum atomic E-state index is 13.0. The Morgan fingerprint density at radius 3 is 2.82 bits per heavy atom. The van der Waals surface area contributed by atoms with E-state index >= 15 is 0 Å². The molecule has 180 valence electrons. The molecule has 12 heteroatoms. The Labute approximate surface area is 200 Å². The lowest BCUT2D eigenvalue weighted by Crippen LogP contribution is -2.32. The van der Waals surface area contributed by atoms with Crippen molar-refractivity contribution in [2.45, 2.75) is 31.2 Å². The van der Waals surface area contributed by atoms with Crippen molar-refractivity contribution in [1.29, 1.82) is 0 Å². The lowest BCUT2D eigenvalue weighted by Gasteiger charge is -2.24. The Hall–Kier alpha value is -2.53. The predicted octanol–water partition coefficient (Wildman–Crippen LogP) is 4.82. The van der Waals surface area contributed by atoms with Crippen LogP contribution in [0.4, 0.5) is 18.9 Å². The molecule has 2 aromatic heterocycles. The van der Waals surface area contributed by atoms with Crippen LogP contribution in [0, 0.1) is 0 Å². The SMILES string of the molecule is C=N/C=C\N(C)CC(CC(F)(F)F)SCCC(=O)N(CC)c1cn(-c2cccnc2)nc1Cl. The number of hydrogen-bond acceptors (Lipinski definition) is 6. The van der Waals surface area contributed by atoms with Gasteiger partial charge in [0, 0.05) is 56.2 Å². The fraction of sp³-hybridized carbons (Fsp3) is 0.429. The third-order valence-electron chi connectivity index (χ3n) is 4.52. The van der Waals surface area contributed by atoms with Crippen molar-refractivity contribution in [2.24, 2.45) is 4.99 Å². The van der Waals surface area contributed by atoms with Gasteiger partial charge in [0.05, 0.1) is 24.5 Å². The van der Waals surface area contributed by atoms with Crippen molar-refractivity contribution >= 4 is 41.7 Å². The van der Waals surface area contributed by atoms with Crippen LogP contribution in [0.5, 0.6) is 0 Å². The molecule has 2 heterocycles. The Morgan fingerprint density at radius 1 is 1.45 bits per heavy atom. The molecule has 0 N–H and O–H groups in total. The number of pyridine rings is 1. The highest BCUT2D eigenvalue weighted by atomic mass is 35.5. The molecule has 0 fully saturated rings. The Bertz CT molecular complexity index is 938. The lowest BCUT2D eigenvalue weighted by atomic mass is 10.3. The highest BCUT2D eigenvalue weighted by Gasteiger charge is 2.32. The standard InChI is InChI=1S/C21H26ClF3N6OS/c1-4-30(18-15-31(28-20(18)22)16-6-5-8-27-13-16)19(32)7-11-33-17(12-21(23,24)25)14-29(3)10-9-26-2/h5-6,8-10,13,15,17H,2,4,7,11-12,14H2,1,3H3/b10-9-. The van der Waals surface area contributed by atoms with Crippen molar-refractivity contribution in [3.63, 3.8) is 0 Å². The number of alkyl halides is 3. The molecule has 0 saturated carbocycles. The number of carbonyl (C=O) groups excluding carboxylic acids is 1. The average molecular weight is 503 g/mol. The Balaban J connectivity index is 2.02. The van der Waals surface area contributed by atoms with E-state index in [2.05, 4.69) is 21.8 Å². The molecule has 2 aromatic rings. The monoisotopic (exact) mass is 502 g/mol. The molecular weight excluding hydrogens is 477 g/mol. The van der Waals surface area contributed by atoms with Gasteiger partial charge >= 0.3 is 6.18 Å². The van der Waals surface area contributed by atoms with E-state index in [1.807, 2.05) is 0 Å². The molecule has 0 aliphatic carbocycles. The van der Waals surface area contributed by atoms with E-state index in [1.54, 1.807) is 55.8 Å². The van der Waals surface area contributed by atoms with E-state index in [0.29, 0.717) is 17.9 Å². The van der Waals surface area contributed by atoms with Gasteiger partial charge in [0.1, 0.15) is 5.69 Å². The van der Waals surface area contributed by atoms with Crippen LogP contribution in [0.15, 0.2) is 48.1 Å². The van der Waals surface area contributed by atoms with Crippen LogP contribution < -0.4 is 4.90 Å². The summed E-state index contributed by atoms with van der Waals surface area (Å²) in [6.45, 7) is 5.60. The smallest absolute Gasteiger partial charge is 0.378 e. The second-order valence-electron chi connectivity index (χ2n) is 7.08. The number of hydrogen-bond donors (Lipinski definition) is 0. The first kappa shape index (κ1) is 26.7. The average Bonchev–Trinajstić information content (AvgIpc) is 3.13. The van der Waals surface area contributed by atoms with Gasteiger partial charge in [-0.05, 0) is 25.8 Å². The van der Waals surface area contributed by atoms with E-state index in [0.717, 1.165) is 11.8 Å². The molecule has 0 spiro atoms. The maximum absolute atomic E-state index is 13.0. The number of amides is 1. The summed E-state index contributed by atoms with van der Waals surface area (Å²) in [6.07, 6.45) is 2.66. The molecule has 2 rings (SSSR count). The third kappa shape index (κ3) is 8.73. The van der Waals surface area contributed by atoms with Crippen LogP contribution in [-0.4, -0.2) is 69.6 Å². The second kappa shape index (κ2) is 12.6. The minimum absolute atomic E-state index is 0.0645. The maximum Gasteiger partial charge on any atom is 0.390 e. The number of halogens is 4. The molecule has 0 radical (unpaired) electrons.